The molecule has 220 valence electrons. The number of halogens is 4. The molecule has 13 heteroatoms. The first kappa shape index (κ1) is 31.9. The third kappa shape index (κ3) is 7.19. The molecule has 0 radical (unpaired) electrons. The molecular formula is C28H32F4N6O2S. The number of hydrogen-bond acceptors (Lipinski definition) is 6. The van der Waals surface area contributed by atoms with Crippen molar-refractivity contribution in [2.75, 3.05) is 36.0 Å². The second kappa shape index (κ2) is 13.4. The van der Waals surface area contributed by atoms with Crippen molar-refractivity contribution in [2.24, 2.45) is 5.73 Å². The summed E-state index contributed by atoms with van der Waals surface area (Å²) in [6.45, 7) is 5.63. The highest BCUT2D eigenvalue weighted by Gasteiger charge is 2.51. The summed E-state index contributed by atoms with van der Waals surface area (Å²) in [5, 5.41) is 14.8. The Morgan fingerprint density at radius 1 is 1.05 bits per heavy atom. The molecule has 3 rings (SSSR count). The van der Waals surface area contributed by atoms with E-state index in [9.17, 15) is 22.8 Å². The van der Waals surface area contributed by atoms with E-state index in [2.05, 4.69) is 10.6 Å². The standard InChI is InChI=1S/C28H32F4N6O2S/c1-27(2)25(40)37(19-8-7-18(17-34)22(15-19)28(30,31)32)26(41)38(27)20-9-10-21(23(29)16-20)24(39)36-13-6-4-3-5-12-35-14-11-33/h7-10,15-16,35H,3-6,11-14,33H2,1-2H3,(H,36,39). The number of alkyl halides is 3. The van der Waals surface area contributed by atoms with Gasteiger partial charge in [-0.15, -0.1) is 0 Å². The van der Waals surface area contributed by atoms with Crippen LogP contribution in [0.15, 0.2) is 36.4 Å². The van der Waals surface area contributed by atoms with Crippen LogP contribution in [0.4, 0.5) is 28.9 Å². The van der Waals surface area contributed by atoms with Crippen molar-refractivity contribution in [3.05, 3.63) is 58.9 Å². The van der Waals surface area contributed by atoms with Gasteiger partial charge in [0, 0.05) is 25.3 Å². The summed E-state index contributed by atoms with van der Waals surface area (Å²) < 4.78 is 55.7. The molecule has 0 aromatic heterocycles. The van der Waals surface area contributed by atoms with Crippen LogP contribution in [0.2, 0.25) is 0 Å². The van der Waals surface area contributed by atoms with Gasteiger partial charge in [-0.2, -0.15) is 18.4 Å². The zero-order valence-electron chi connectivity index (χ0n) is 22.8. The van der Waals surface area contributed by atoms with Crippen LogP contribution in [0.3, 0.4) is 0 Å². The van der Waals surface area contributed by atoms with Crippen molar-refractivity contribution in [1.29, 1.82) is 5.26 Å². The van der Waals surface area contributed by atoms with Crippen molar-refractivity contribution >= 4 is 40.5 Å². The number of benzene rings is 2. The number of nitrogens with one attached hydrogen (secondary N) is 2. The lowest BCUT2D eigenvalue weighted by molar-refractivity contribution is -0.137. The quantitative estimate of drug-likeness (QED) is 0.189. The molecule has 2 amide bonds. The van der Waals surface area contributed by atoms with Gasteiger partial charge in [-0.1, -0.05) is 12.8 Å². The van der Waals surface area contributed by atoms with E-state index in [1.807, 2.05) is 0 Å². The smallest absolute Gasteiger partial charge is 0.352 e. The Kier molecular flexibility index (Phi) is 10.4. The predicted molar refractivity (Wildman–Crippen MR) is 152 cm³/mol. The summed E-state index contributed by atoms with van der Waals surface area (Å²) in [6.07, 6.45) is -1.21. The second-order valence-corrected chi connectivity index (χ2v) is 10.4. The van der Waals surface area contributed by atoms with Crippen LogP contribution in [-0.4, -0.2) is 48.6 Å². The van der Waals surface area contributed by atoms with Crippen molar-refractivity contribution < 1.29 is 27.2 Å². The Hall–Kier alpha value is -3.60. The SMILES string of the molecule is CC1(C)C(=O)N(c2ccc(C#N)c(C(F)(F)F)c2)C(=S)N1c1ccc(C(=O)NCCCCCCNCCN)c(F)c1. The number of carbonyl (C=O) groups is 2. The summed E-state index contributed by atoms with van der Waals surface area (Å²) in [4.78, 5) is 28.2. The molecule has 2 aromatic rings. The van der Waals surface area contributed by atoms with Crippen molar-refractivity contribution in [3.8, 4) is 6.07 Å². The number of nitrogens with zero attached hydrogens (tertiary/aromatic N) is 3. The first-order chi connectivity index (χ1) is 19.3. The number of anilines is 2. The van der Waals surface area contributed by atoms with Gasteiger partial charge in [-0.25, -0.2) is 4.39 Å². The lowest BCUT2D eigenvalue weighted by Gasteiger charge is -2.29. The van der Waals surface area contributed by atoms with E-state index in [1.54, 1.807) is 0 Å². The predicted octanol–water partition coefficient (Wildman–Crippen LogP) is 4.47. The van der Waals surface area contributed by atoms with Crippen LogP contribution in [-0.2, 0) is 11.0 Å². The Labute approximate surface area is 241 Å². The lowest BCUT2D eigenvalue weighted by atomic mass is 10.0. The highest BCUT2D eigenvalue weighted by Crippen LogP contribution is 2.39. The summed E-state index contributed by atoms with van der Waals surface area (Å²) in [5.74, 6) is -2.07. The number of hydrogen-bond donors (Lipinski definition) is 3. The Balaban J connectivity index is 1.72. The van der Waals surface area contributed by atoms with Crippen LogP contribution in [0.25, 0.3) is 0 Å². The van der Waals surface area contributed by atoms with E-state index < -0.39 is 40.5 Å². The number of amides is 2. The van der Waals surface area contributed by atoms with Crippen molar-refractivity contribution in [2.45, 2.75) is 51.2 Å². The minimum absolute atomic E-state index is 0.151. The summed E-state index contributed by atoms with van der Waals surface area (Å²) in [6, 6.07) is 8.12. The zero-order chi connectivity index (χ0) is 30.4. The summed E-state index contributed by atoms with van der Waals surface area (Å²) in [7, 11) is 0. The number of thiocarbonyl (C=S) groups is 1. The van der Waals surface area contributed by atoms with Crippen LogP contribution >= 0.6 is 12.2 Å². The van der Waals surface area contributed by atoms with Crippen LogP contribution in [0, 0.1) is 17.1 Å². The van der Waals surface area contributed by atoms with E-state index >= 15 is 4.39 Å². The highest BCUT2D eigenvalue weighted by atomic mass is 32.1. The van der Waals surface area contributed by atoms with E-state index in [0.717, 1.165) is 55.8 Å². The van der Waals surface area contributed by atoms with E-state index in [-0.39, 0.29) is 22.1 Å². The molecule has 41 heavy (non-hydrogen) atoms. The molecule has 8 nitrogen and oxygen atoms in total. The largest absolute Gasteiger partial charge is 0.417 e. The zero-order valence-corrected chi connectivity index (χ0v) is 23.6. The normalized spacial score (nSPS) is 14.9. The molecule has 0 unspecified atom stereocenters. The average Bonchev–Trinajstić information content (AvgIpc) is 3.09. The third-order valence-electron chi connectivity index (χ3n) is 6.70. The van der Waals surface area contributed by atoms with Crippen LogP contribution in [0.5, 0.6) is 0 Å². The molecule has 0 spiro atoms. The first-order valence-electron chi connectivity index (χ1n) is 13.1. The first-order valence-corrected chi connectivity index (χ1v) is 13.5. The van der Waals surface area contributed by atoms with Gasteiger partial charge in [0.05, 0.1) is 28.4 Å². The van der Waals surface area contributed by atoms with Crippen molar-refractivity contribution in [1.82, 2.24) is 10.6 Å². The molecule has 1 aliphatic rings. The maximum atomic E-state index is 15.1. The monoisotopic (exact) mass is 592 g/mol. The highest BCUT2D eigenvalue weighted by molar-refractivity contribution is 7.81. The van der Waals surface area contributed by atoms with E-state index in [0.29, 0.717) is 19.2 Å². The molecular weight excluding hydrogens is 560 g/mol. The molecule has 0 atom stereocenters. The molecule has 1 fully saturated rings. The minimum Gasteiger partial charge on any atom is -0.352 e. The second-order valence-electron chi connectivity index (χ2n) is 10.0. The molecule has 0 bridgehead atoms. The van der Waals surface area contributed by atoms with E-state index in [1.165, 1.54) is 43.0 Å². The Bertz CT molecular complexity index is 1340. The van der Waals surface area contributed by atoms with Gasteiger partial charge in [0.15, 0.2) is 5.11 Å². The number of nitriles is 1. The molecule has 1 saturated heterocycles. The van der Waals surface area contributed by atoms with Gasteiger partial charge in [0.25, 0.3) is 11.8 Å². The summed E-state index contributed by atoms with van der Waals surface area (Å²) >= 11 is 5.47. The minimum atomic E-state index is -4.83. The Morgan fingerprint density at radius 3 is 2.32 bits per heavy atom. The van der Waals surface area contributed by atoms with Gasteiger partial charge in [-0.3, -0.25) is 14.5 Å². The van der Waals surface area contributed by atoms with Crippen LogP contribution in [0.1, 0.15) is 61.0 Å². The molecule has 0 aliphatic carbocycles. The van der Waals surface area contributed by atoms with Gasteiger partial charge in [0.1, 0.15) is 11.4 Å². The fraction of sp³-hybridized carbons (Fsp3) is 0.429. The number of unbranched alkanes of at least 4 members (excludes halogenated alkanes) is 3. The third-order valence-corrected chi connectivity index (χ3v) is 7.06. The molecule has 1 aliphatic heterocycles. The van der Waals surface area contributed by atoms with Crippen molar-refractivity contribution in [3.63, 3.8) is 0 Å². The number of carbonyl (C=O) groups excluding carboxylic acids is 2. The molecule has 2 aromatic carbocycles. The molecule has 4 N–H and O–H groups in total. The molecule has 1 heterocycles. The fourth-order valence-electron chi connectivity index (χ4n) is 4.54. The van der Waals surface area contributed by atoms with Crippen LogP contribution < -0.4 is 26.2 Å². The maximum Gasteiger partial charge on any atom is 0.417 e. The van der Waals surface area contributed by atoms with Gasteiger partial charge in [-0.05, 0) is 81.8 Å². The Morgan fingerprint density at radius 2 is 1.71 bits per heavy atom. The van der Waals surface area contributed by atoms with E-state index in [4.69, 9.17) is 23.2 Å². The molecule has 0 saturated carbocycles. The summed E-state index contributed by atoms with van der Waals surface area (Å²) in [5.41, 5.74) is 2.02. The number of rotatable bonds is 12. The van der Waals surface area contributed by atoms with Gasteiger partial charge < -0.3 is 21.3 Å². The lowest BCUT2D eigenvalue weighted by Crippen LogP contribution is -2.44. The maximum absolute atomic E-state index is 15.1. The topological polar surface area (TPSA) is 114 Å². The van der Waals surface area contributed by atoms with Gasteiger partial charge in [0.2, 0.25) is 0 Å². The average molecular weight is 593 g/mol. The fourth-order valence-corrected chi connectivity index (χ4v) is 5.06. The van der Waals surface area contributed by atoms with Gasteiger partial charge >= 0.3 is 6.18 Å². The number of nitrogens with two attached hydrogens (primary N) is 1.